The van der Waals surface area contributed by atoms with Crippen LogP contribution < -0.4 is 0 Å². The zero-order valence-electron chi connectivity index (χ0n) is 11.6. The fraction of sp³-hybridized carbons (Fsp3) is 1.00. The first-order valence-corrected chi connectivity index (χ1v) is 7.68. The SMILES string of the molecule is C1CN2CCC1C2.CC1CC2CCCC1N2C. The predicted molar refractivity (Wildman–Crippen MR) is 72.1 cm³/mol. The van der Waals surface area contributed by atoms with Gasteiger partial charge < -0.3 is 9.80 Å². The topological polar surface area (TPSA) is 6.48 Å². The third-order valence-electron chi connectivity index (χ3n) is 5.66. The van der Waals surface area contributed by atoms with Gasteiger partial charge in [-0.3, -0.25) is 0 Å². The van der Waals surface area contributed by atoms with Crippen molar-refractivity contribution in [1.29, 1.82) is 0 Å². The van der Waals surface area contributed by atoms with Crippen molar-refractivity contribution in [2.75, 3.05) is 26.7 Å². The van der Waals surface area contributed by atoms with E-state index >= 15 is 0 Å². The standard InChI is InChI=1S/C9H17N.C6H11N/c1-7-6-8-4-3-5-9(7)10(8)2;1-3-7-4-2-6(1)5-7/h7-9H,3-6H2,1-2H3;6H,1-5H2. The lowest BCUT2D eigenvalue weighted by molar-refractivity contribution is 0.167. The highest BCUT2D eigenvalue weighted by molar-refractivity contribution is 4.93. The summed E-state index contributed by atoms with van der Waals surface area (Å²) in [6.07, 6.45) is 8.82. The van der Waals surface area contributed by atoms with Crippen LogP contribution in [0.3, 0.4) is 0 Å². The first-order chi connectivity index (χ1) is 8.24. The second-order valence-electron chi connectivity index (χ2n) is 6.77. The highest BCUT2D eigenvalue weighted by atomic mass is 15.2. The summed E-state index contributed by atoms with van der Waals surface area (Å²) < 4.78 is 0. The van der Waals surface area contributed by atoms with Crippen LogP contribution >= 0.6 is 0 Å². The lowest BCUT2D eigenvalue weighted by Gasteiger charge is -2.31. The van der Waals surface area contributed by atoms with Crippen molar-refractivity contribution in [3.05, 3.63) is 0 Å². The summed E-state index contributed by atoms with van der Waals surface area (Å²) >= 11 is 0. The maximum Gasteiger partial charge on any atom is 0.0121 e. The molecule has 4 fully saturated rings. The Hall–Kier alpha value is -0.0800. The van der Waals surface area contributed by atoms with E-state index < -0.39 is 0 Å². The number of piperidine rings is 2. The number of rotatable bonds is 0. The van der Waals surface area contributed by atoms with E-state index in [1.807, 2.05) is 0 Å². The molecule has 0 aromatic heterocycles. The van der Waals surface area contributed by atoms with Gasteiger partial charge in [0.1, 0.15) is 0 Å². The van der Waals surface area contributed by atoms with Crippen molar-refractivity contribution in [2.45, 2.75) is 57.5 Å². The molecule has 2 nitrogen and oxygen atoms in total. The number of hydrogen-bond donors (Lipinski definition) is 0. The minimum atomic E-state index is 0.929. The number of nitrogens with zero attached hydrogens (tertiary/aromatic N) is 2. The van der Waals surface area contributed by atoms with Gasteiger partial charge in [0.25, 0.3) is 0 Å². The Bertz CT molecular complexity index is 248. The Morgan fingerprint density at radius 2 is 1.76 bits per heavy atom. The van der Waals surface area contributed by atoms with Crippen molar-refractivity contribution >= 4 is 0 Å². The molecule has 0 saturated carbocycles. The van der Waals surface area contributed by atoms with Crippen LogP contribution in [0, 0.1) is 11.8 Å². The molecule has 4 saturated heterocycles. The van der Waals surface area contributed by atoms with Crippen LogP contribution in [0.2, 0.25) is 0 Å². The van der Waals surface area contributed by atoms with E-state index in [0.29, 0.717) is 0 Å². The first-order valence-electron chi connectivity index (χ1n) is 7.68. The normalized spacial score (nSPS) is 48.0. The van der Waals surface area contributed by atoms with E-state index in [0.717, 1.165) is 23.9 Å². The van der Waals surface area contributed by atoms with Gasteiger partial charge in [-0.15, -0.1) is 0 Å². The summed E-state index contributed by atoms with van der Waals surface area (Å²) in [6, 6.07) is 1.87. The van der Waals surface area contributed by atoms with Gasteiger partial charge in [0, 0.05) is 18.6 Å². The minimum absolute atomic E-state index is 0.929. The van der Waals surface area contributed by atoms with Crippen LogP contribution in [0.5, 0.6) is 0 Å². The predicted octanol–water partition coefficient (Wildman–Crippen LogP) is 2.59. The fourth-order valence-corrected chi connectivity index (χ4v) is 4.51. The van der Waals surface area contributed by atoms with E-state index in [1.54, 1.807) is 0 Å². The summed E-state index contributed by atoms with van der Waals surface area (Å²) in [5, 5.41) is 0. The van der Waals surface area contributed by atoms with E-state index in [4.69, 9.17) is 0 Å². The molecule has 98 valence electrons. The Labute approximate surface area is 106 Å². The molecule has 0 amide bonds. The molecule has 4 rings (SSSR count). The number of hydrogen-bond acceptors (Lipinski definition) is 2. The molecule has 2 heteroatoms. The van der Waals surface area contributed by atoms with Gasteiger partial charge in [0.15, 0.2) is 0 Å². The molecule has 0 aromatic carbocycles. The molecule has 4 bridgehead atoms. The summed E-state index contributed by atoms with van der Waals surface area (Å²) in [5.74, 6) is 2.07. The van der Waals surface area contributed by atoms with E-state index in [9.17, 15) is 0 Å². The largest absolute Gasteiger partial charge is 0.303 e. The molecular formula is C15H28N2. The van der Waals surface area contributed by atoms with E-state index in [-0.39, 0.29) is 0 Å². The zero-order chi connectivity index (χ0) is 11.8. The smallest absolute Gasteiger partial charge is 0.0121 e. The van der Waals surface area contributed by atoms with E-state index in [1.165, 1.54) is 58.2 Å². The molecule has 17 heavy (non-hydrogen) atoms. The lowest BCUT2D eigenvalue weighted by Crippen LogP contribution is -2.37. The Kier molecular flexibility index (Phi) is 3.45. The zero-order valence-corrected chi connectivity index (χ0v) is 11.6. The maximum atomic E-state index is 2.61. The molecule has 4 heterocycles. The van der Waals surface area contributed by atoms with Crippen molar-refractivity contribution in [3.63, 3.8) is 0 Å². The average Bonchev–Trinajstić information content (AvgIpc) is 2.99. The van der Waals surface area contributed by atoms with Gasteiger partial charge >= 0.3 is 0 Å². The van der Waals surface area contributed by atoms with Crippen molar-refractivity contribution in [2.24, 2.45) is 11.8 Å². The van der Waals surface area contributed by atoms with Gasteiger partial charge in [-0.25, -0.2) is 0 Å². The molecule has 4 aliphatic heterocycles. The molecule has 0 spiro atoms. The van der Waals surface area contributed by atoms with Crippen LogP contribution in [0.1, 0.15) is 45.4 Å². The molecule has 0 N–H and O–H groups in total. The fourth-order valence-electron chi connectivity index (χ4n) is 4.51. The molecule has 0 aromatic rings. The van der Waals surface area contributed by atoms with Crippen molar-refractivity contribution in [1.82, 2.24) is 9.80 Å². The Morgan fingerprint density at radius 3 is 2.18 bits per heavy atom. The monoisotopic (exact) mass is 236 g/mol. The van der Waals surface area contributed by atoms with E-state index in [2.05, 4.69) is 23.8 Å². The van der Waals surface area contributed by atoms with Crippen LogP contribution in [-0.4, -0.2) is 48.6 Å². The molecule has 4 aliphatic rings. The summed E-state index contributed by atoms with van der Waals surface area (Å²) in [4.78, 5) is 5.17. The van der Waals surface area contributed by atoms with Crippen LogP contribution in [0.15, 0.2) is 0 Å². The summed E-state index contributed by atoms with van der Waals surface area (Å²) in [5.41, 5.74) is 0. The minimum Gasteiger partial charge on any atom is -0.303 e. The van der Waals surface area contributed by atoms with Gasteiger partial charge in [-0.05, 0) is 64.1 Å². The second-order valence-corrected chi connectivity index (χ2v) is 6.77. The third kappa shape index (κ3) is 2.39. The average molecular weight is 236 g/mol. The molecule has 0 aliphatic carbocycles. The van der Waals surface area contributed by atoms with Crippen LogP contribution in [0.4, 0.5) is 0 Å². The van der Waals surface area contributed by atoms with Crippen LogP contribution in [0.25, 0.3) is 0 Å². The molecular weight excluding hydrogens is 208 g/mol. The van der Waals surface area contributed by atoms with Gasteiger partial charge in [0.05, 0.1) is 0 Å². The molecule has 3 atom stereocenters. The van der Waals surface area contributed by atoms with Gasteiger partial charge in [0.2, 0.25) is 0 Å². The second kappa shape index (κ2) is 4.89. The third-order valence-corrected chi connectivity index (χ3v) is 5.66. The highest BCUT2D eigenvalue weighted by Gasteiger charge is 2.38. The van der Waals surface area contributed by atoms with Crippen LogP contribution in [-0.2, 0) is 0 Å². The Morgan fingerprint density at radius 1 is 1.00 bits per heavy atom. The number of fused-ring (bicyclic) bond motifs is 4. The highest BCUT2D eigenvalue weighted by Crippen LogP contribution is 2.37. The quantitative estimate of drug-likeness (QED) is 0.638. The Balaban J connectivity index is 0.000000113. The molecule has 0 radical (unpaired) electrons. The lowest BCUT2D eigenvalue weighted by atomic mass is 10.00. The first kappa shape index (κ1) is 12.0. The summed E-state index contributed by atoms with van der Waals surface area (Å²) in [6.45, 7) is 6.61. The maximum absolute atomic E-state index is 2.61. The molecule has 3 unspecified atom stereocenters. The van der Waals surface area contributed by atoms with Gasteiger partial charge in [-0.1, -0.05) is 13.3 Å². The van der Waals surface area contributed by atoms with Gasteiger partial charge in [-0.2, -0.15) is 0 Å². The van der Waals surface area contributed by atoms with Crippen molar-refractivity contribution in [3.8, 4) is 0 Å². The van der Waals surface area contributed by atoms with Crippen molar-refractivity contribution < 1.29 is 0 Å². The summed E-state index contributed by atoms with van der Waals surface area (Å²) in [7, 11) is 2.30.